The van der Waals surface area contributed by atoms with Gasteiger partial charge < -0.3 is 4.74 Å². The summed E-state index contributed by atoms with van der Waals surface area (Å²) in [5, 5.41) is 10.3. The number of hydrazone groups is 1. The van der Waals surface area contributed by atoms with E-state index in [-0.39, 0.29) is 12.3 Å². The van der Waals surface area contributed by atoms with Crippen molar-refractivity contribution in [2.24, 2.45) is 5.10 Å². The maximum absolute atomic E-state index is 6.40. The molecule has 146 valence electrons. The van der Waals surface area contributed by atoms with E-state index in [1.807, 2.05) is 36.4 Å². The molecule has 0 saturated carbocycles. The van der Waals surface area contributed by atoms with Gasteiger partial charge in [-0.2, -0.15) is 5.10 Å². The fraction of sp³-hybridized carbons (Fsp3) is 0.115. The van der Waals surface area contributed by atoms with Crippen LogP contribution in [0.1, 0.15) is 35.4 Å². The van der Waals surface area contributed by atoms with Crippen molar-refractivity contribution in [1.29, 1.82) is 0 Å². The van der Waals surface area contributed by atoms with Crippen molar-refractivity contribution >= 4 is 28.1 Å². The molecule has 0 fully saturated rings. The summed E-state index contributed by atoms with van der Waals surface area (Å²) in [6.07, 6.45) is 0.539. The highest BCUT2D eigenvalue weighted by Gasteiger charge is 2.40. The Morgan fingerprint density at radius 3 is 2.57 bits per heavy atom. The number of nitrogens with zero attached hydrogens (tertiary/aromatic N) is 2. The Balaban J connectivity index is 1.45. The van der Waals surface area contributed by atoms with E-state index in [2.05, 4.69) is 59.6 Å². The van der Waals surface area contributed by atoms with Crippen LogP contribution < -0.4 is 4.74 Å². The van der Waals surface area contributed by atoms with Crippen LogP contribution in [0, 0.1) is 0 Å². The van der Waals surface area contributed by atoms with E-state index >= 15 is 0 Å². The Hall–Kier alpha value is -3.30. The Labute approximate surface area is 180 Å². The number of hydrogen-bond acceptors (Lipinski definition) is 3. The average molecular weight is 411 g/mol. The third-order valence-corrected chi connectivity index (χ3v) is 6.15. The standard InChI is InChI=1S/C26H19ClN2O/c27-21-9-5-8-20(15-21)26-29-24(22-10-3-4-11-25(22)30-26)16-23(28-29)19-13-12-17-6-1-2-7-18(17)14-19/h1-15,24,26H,16H2/t24-,26-/m1/s1. The van der Waals surface area contributed by atoms with Crippen LogP contribution in [-0.2, 0) is 0 Å². The lowest BCUT2D eigenvalue weighted by molar-refractivity contribution is -0.0190. The van der Waals surface area contributed by atoms with Crippen molar-refractivity contribution in [2.45, 2.75) is 18.7 Å². The van der Waals surface area contributed by atoms with Gasteiger partial charge in [0.05, 0.1) is 11.8 Å². The van der Waals surface area contributed by atoms with E-state index in [4.69, 9.17) is 21.4 Å². The molecule has 4 heteroatoms. The van der Waals surface area contributed by atoms with Crippen LogP contribution in [0.25, 0.3) is 10.8 Å². The average Bonchev–Trinajstić information content (AvgIpc) is 3.24. The fourth-order valence-electron chi connectivity index (χ4n) is 4.46. The lowest BCUT2D eigenvalue weighted by atomic mass is 9.95. The zero-order valence-electron chi connectivity index (χ0n) is 16.2. The number of benzene rings is 4. The molecule has 3 nitrogen and oxygen atoms in total. The van der Waals surface area contributed by atoms with Crippen molar-refractivity contribution in [3.63, 3.8) is 0 Å². The minimum Gasteiger partial charge on any atom is -0.464 e. The van der Waals surface area contributed by atoms with Gasteiger partial charge in [-0.25, -0.2) is 5.01 Å². The van der Waals surface area contributed by atoms with Crippen LogP contribution in [-0.4, -0.2) is 10.7 Å². The van der Waals surface area contributed by atoms with Crippen molar-refractivity contribution < 1.29 is 4.74 Å². The van der Waals surface area contributed by atoms with Gasteiger partial charge in [0, 0.05) is 22.6 Å². The molecule has 4 aromatic rings. The van der Waals surface area contributed by atoms with Crippen LogP contribution in [0.4, 0.5) is 0 Å². The van der Waals surface area contributed by atoms with Crippen LogP contribution in [0.5, 0.6) is 5.75 Å². The number of fused-ring (bicyclic) bond motifs is 4. The molecule has 0 spiro atoms. The van der Waals surface area contributed by atoms with E-state index in [0.717, 1.165) is 29.0 Å². The Morgan fingerprint density at radius 1 is 0.833 bits per heavy atom. The molecule has 4 aromatic carbocycles. The number of rotatable bonds is 2. The smallest absolute Gasteiger partial charge is 0.213 e. The number of halogens is 1. The van der Waals surface area contributed by atoms with Gasteiger partial charge in [-0.15, -0.1) is 0 Å². The van der Waals surface area contributed by atoms with Crippen molar-refractivity contribution in [2.75, 3.05) is 0 Å². The molecular formula is C26H19ClN2O. The fourth-order valence-corrected chi connectivity index (χ4v) is 4.66. The normalized spacial score (nSPS) is 19.8. The summed E-state index contributed by atoms with van der Waals surface area (Å²) >= 11 is 6.28. The van der Waals surface area contributed by atoms with Gasteiger partial charge in [0.25, 0.3) is 0 Å². The Morgan fingerprint density at radius 2 is 1.67 bits per heavy atom. The molecular weight excluding hydrogens is 392 g/mol. The first-order valence-electron chi connectivity index (χ1n) is 10.1. The Kier molecular flexibility index (Phi) is 4.03. The highest BCUT2D eigenvalue weighted by Crippen LogP contribution is 2.47. The molecule has 2 atom stereocenters. The quantitative estimate of drug-likeness (QED) is 0.365. The lowest BCUT2D eigenvalue weighted by Gasteiger charge is -2.38. The maximum Gasteiger partial charge on any atom is 0.213 e. The van der Waals surface area contributed by atoms with Crippen molar-refractivity contribution in [3.05, 3.63) is 113 Å². The van der Waals surface area contributed by atoms with Gasteiger partial charge >= 0.3 is 0 Å². The monoisotopic (exact) mass is 410 g/mol. The Bertz CT molecular complexity index is 1300. The van der Waals surface area contributed by atoms with Crippen LogP contribution in [0.3, 0.4) is 0 Å². The topological polar surface area (TPSA) is 24.8 Å². The van der Waals surface area contributed by atoms with E-state index < -0.39 is 0 Å². The first-order chi connectivity index (χ1) is 14.8. The molecule has 6 rings (SSSR count). The third kappa shape index (κ3) is 2.86. The molecule has 0 saturated heterocycles. The summed E-state index contributed by atoms with van der Waals surface area (Å²) in [7, 11) is 0. The van der Waals surface area contributed by atoms with Crippen LogP contribution in [0.15, 0.2) is 96.1 Å². The van der Waals surface area contributed by atoms with Gasteiger partial charge in [0.2, 0.25) is 6.23 Å². The van der Waals surface area contributed by atoms with Crippen LogP contribution in [0.2, 0.25) is 5.02 Å². The molecule has 0 radical (unpaired) electrons. The van der Waals surface area contributed by atoms with E-state index in [0.29, 0.717) is 5.02 Å². The molecule has 30 heavy (non-hydrogen) atoms. The summed E-state index contributed by atoms with van der Waals surface area (Å²) in [6.45, 7) is 0. The molecule has 0 aromatic heterocycles. The molecule has 2 aliphatic heterocycles. The SMILES string of the molecule is Clc1cccc([C@H]2Oc3ccccc3[C@H]3CC(c4ccc5ccccc5c4)=NN32)c1. The number of hydrogen-bond donors (Lipinski definition) is 0. The van der Waals surface area contributed by atoms with Crippen molar-refractivity contribution in [1.82, 2.24) is 5.01 Å². The molecule has 0 N–H and O–H groups in total. The second-order valence-corrected chi connectivity index (χ2v) is 8.21. The number of ether oxygens (including phenoxy) is 1. The second kappa shape index (κ2) is 6.89. The molecule has 0 bridgehead atoms. The summed E-state index contributed by atoms with van der Waals surface area (Å²) < 4.78 is 6.40. The third-order valence-electron chi connectivity index (χ3n) is 5.92. The number of para-hydroxylation sites is 1. The van der Waals surface area contributed by atoms with Gasteiger partial charge in [-0.05, 0) is 40.6 Å². The minimum absolute atomic E-state index is 0.139. The van der Waals surface area contributed by atoms with E-state index in [9.17, 15) is 0 Å². The van der Waals surface area contributed by atoms with Gasteiger partial charge in [-0.3, -0.25) is 0 Å². The molecule has 0 amide bonds. The first kappa shape index (κ1) is 17.5. The minimum atomic E-state index is -0.304. The molecule has 2 heterocycles. The predicted molar refractivity (Wildman–Crippen MR) is 121 cm³/mol. The predicted octanol–water partition coefficient (Wildman–Crippen LogP) is 6.74. The van der Waals surface area contributed by atoms with Crippen molar-refractivity contribution in [3.8, 4) is 5.75 Å². The van der Waals surface area contributed by atoms with Gasteiger partial charge in [0.1, 0.15) is 5.75 Å². The van der Waals surface area contributed by atoms with E-state index in [1.54, 1.807) is 0 Å². The summed E-state index contributed by atoms with van der Waals surface area (Å²) in [5.74, 6) is 0.915. The first-order valence-corrected chi connectivity index (χ1v) is 10.5. The van der Waals surface area contributed by atoms with Gasteiger partial charge in [0.15, 0.2) is 0 Å². The molecule has 0 unspecified atom stereocenters. The van der Waals surface area contributed by atoms with E-state index in [1.165, 1.54) is 16.3 Å². The lowest BCUT2D eigenvalue weighted by Crippen LogP contribution is -2.33. The summed E-state index contributed by atoms with van der Waals surface area (Å²) in [5.41, 5.74) is 4.42. The maximum atomic E-state index is 6.40. The summed E-state index contributed by atoms with van der Waals surface area (Å²) in [6, 6.07) is 31.2. The molecule has 0 aliphatic carbocycles. The van der Waals surface area contributed by atoms with Gasteiger partial charge in [-0.1, -0.05) is 78.3 Å². The largest absolute Gasteiger partial charge is 0.464 e. The highest BCUT2D eigenvalue weighted by atomic mass is 35.5. The summed E-state index contributed by atoms with van der Waals surface area (Å²) in [4.78, 5) is 0. The molecule has 2 aliphatic rings. The zero-order chi connectivity index (χ0) is 20.1. The zero-order valence-corrected chi connectivity index (χ0v) is 17.0. The second-order valence-electron chi connectivity index (χ2n) is 7.77. The highest BCUT2D eigenvalue weighted by molar-refractivity contribution is 6.30. The van der Waals surface area contributed by atoms with Crippen LogP contribution >= 0.6 is 11.6 Å².